The standard InChI is InChI=1S/C31H30O6/c1-3-29(32)36-21-19-34-26-13-9-24(10-14-26)31(18-17-23-7-5-6-8-28(23)31)25-11-15-27(16-12-25)35-20-22-37-30(33)4-2/h3-16H,1-2,17-22H2. The Morgan fingerprint density at radius 2 is 1.19 bits per heavy atom. The fourth-order valence-electron chi connectivity index (χ4n) is 4.77. The normalized spacial score (nSPS) is 13.2. The number of carbonyl (C=O) groups is 2. The first-order chi connectivity index (χ1) is 18.1. The van der Waals surface area contributed by atoms with Crippen LogP contribution < -0.4 is 9.47 Å². The highest BCUT2D eigenvalue weighted by Crippen LogP contribution is 2.49. The first kappa shape index (κ1) is 25.8. The molecule has 190 valence electrons. The molecular weight excluding hydrogens is 468 g/mol. The lowest BCUT2D eigenvalue weighted by molar-refractivity contribution is -0.139. The Hall–Kier alpha value is -4.32. The molecule has 0 N–H and O–H groups in total. The number of hydrogen-bond donors (Lipinski definition) is 0. The highest BCUT2D eigenvalue weighted by molar-refractivity contribution is 5.81. The Kier molecular flexibility index (Phi) is 8.41. The van der Waals surface area contributed by atoms with Crippen molar-refractivity contribution in [2.24, 2.45) is 0 Å². The Balaban J connectivity index is 1.52. The highest BCUT2D eigenvalue weighted by atomic mass is 16.6. The van der Waals surface area contributed by atoms with Crippen LogP contribution in [0.5, 0.6) is 11.5 Å². The van der Waals surface area contributed by atoms with Crippen LogP contribution in [0.3, 0.4) is 0 Å². The van der Waals surface area contributed by atoms with Gasteiger partial charge in [0.2, 0.25) is 0 Å². The van der Waals surface area contributed by atoms with E-state index in [1.807, 2.05) is 24.3 Å². The van der Waals surface area contributed by atoms with Gasteiger partial charge in [-0.15, -0.1) is 0 Å². The summed E-state index contributed by atoms with van der Waals surface area (Å²) in [5, 5.41) is 0. The van der Waals surface area contributed by atoms with Gasteiger partial charge >= 0.3 is 11.9 Å². The molecule has 0 amide bonds. The maximum absolute atomic E-state index is 11.2. The number of aryl methyl sites for hydroxylation is 1. The predicted molar refractivity (Wildman–Crippen MR) is 141 cm³/mol. The number of fused-ring (bicyclic) bond motifs is 1. The maximum atomic E-state index is 11.2. The fourth-order valence-corrected chi connectivity index (χ4v) is 4.77. The molecule has 37 heavy (non-hydrogen) atoms. The summed E-state index contributed by atoms with van der Waals surface area (Å²) in [4.78, 5) is 22.4. The van der Waals surface area contributed by atoms with Gasteiger partial charge in [0.25, 0.3) is 0 Å². The summed E-state index contributed by atoms with van der Waals surface area (Å²) in [7, 11) is 0. The molecule has 0 saturated heterocycles. The van der Waals surface area contributed by atoms with Gasteiger partial charge < -0.3 is 18.9 Å². The average molecular weight is 499 g/mol. The van der Waals surface area contributed by atoms with Crippen LogP contribution in [0.2, 0.25) is 0 Å². The summed E-state index contributed by atoms with van der Waals surface area (Å²) >= 11 is 0. The van der Waals surface area contributed by atoms with E-state index in [2.05, 4.69) is 61.7 Å². The fraction of sp³-hybridized carbons (Fsp3) is 0.226. The first-order valence-electron chi connectivity index (χ1n) is 12.2. The Bertz CT molecular complexity index is 1170. The van der Waals surface area contributed by atoms with Gasteiger partial charge in [-0.3, -0.25) is 0 Å². The number of rotatable bonds is 12. The van der Waals surface area contributed by atoms with Gasteiger partial charge in [0.05, 0.1) is 0 Å². The van der Waals surface area contributed by atoms with Crippen molar-refractivity contribution in [1.82, 2.24) is 0 Å². The van der Waals surface area contributed by atoms with E-state index in [-0.39, 0.29) is 31.8 Å². The summed E-state index contributed by atoms with van der Waals surface area (Å²) in [5.74, 6) is 0.489. The molecule has 0 unspecified atom stereocenters. The van der Waals surface area contributed by atoms with Crippen LogP contribution in [0, 0.1) is 0 Å². The van der Waals surface area contributed by atoms with Crippen molar-refractivity contribution in [3.8, 4) is 11.5 Å². The van der Waals surface area contributed by atoms with Crippen molar-refractivity contribution in [2.45, 2.75) is 18.3 Å². The molecule has 0 radical (unpaired) electrons. The van der Waals surface area contributed by atoms with Crippen molar-refractivity contribution in [3.63, 3.8) is 0 Å². The van der Waals surface area contributed by atoms with Crippen LogP contribution in [-0.2, 0) is 30.9 Å². The number of esters is 2. The Morgan fingerprint density at radius 3 is 1.68 bits per heavy atom. The molecule has 0 bridgehead atoms. The van der Waals surface area contributed by atoms with E-state index in [1.165, 1.54) is 22.3 Å². The Labute approximate surface area is 217 Å². The molecule has 0 heterocycles. The molecule has 0 spiro atoms. The molecule has 0 fully saturated rings. The summed E-state index contributed by atoms with van der Waals surface area (Å²) < 4.78 is 21.4. The minimum absolute atomic E-state index is 0.162. The lowest BCUT2D eigenvalue weighted by atomic mass is 9.70. The van der Waals surface area contributed by atoms with Crippen LogP contribution >= 0.6 is 0 Å². The maximum Gasteiger partial charge on any atom is 0.330 e. The SMILES string of the molecule is C=CC(=O)OCCOc1ccc(C2(c3ccc(OCCOC(=O)C=C)cc3)CCc3ccccc32)cc1. The molecule has 0 saturated carbocycles. The minimum Gasteiger partial charge on any atom is -0.490 e. The number of hydrogen-bond acceptors (Lipinski definition) is 6. The lowest BCUT2D eigenvalue weighted by Gasteiger charge is -2.32. The van der Waals surface area contributed by atoms with E-state index in [4.69, 9.17) is 18.9 Å². The predicted octanol–water partition coefficient (Wildman–Crippen LogP) is 5.18. The monoisotopic (exact) mass is 498 g/mol. The average Bonchev–Trinajstić information content (AvgIpc) is 3.34. The van der Waals surface area contributed by atoms with Crippen molar-refractivity contribution < 1.29 is 28.5 Å². The molecule has 4 rings (SSSR count). The molecule has 6 nitrogen and oxygen atoms in total. The van der Waals surface area contributed by atoms with E-state index < -0.39 is 11.9 Å². The third kappa shape index (κ3) is 5.92. The zero-order chi connectivity index (χ0) is 26.1. The molecule has 1 aliphatic carbocycles. The van der Waals surface area contributed by atoms with Crippen LogP contribution in [0.4, 0.5) is 0 Å². The van der Waals surface area contributed by atoms with E-state index >= 15 is 0 Å². The second-order valence-electron chi connectivity index (χ2n) is 8.55. The lowest BCUT2D eigenvalue weighted by Crippen LogP contribution is -2.26. The molecule has 0 aromatic heterocycles. The zero-order valence-corrected chi connectivity index (χ0v) is 20.7. The van der Waals surface area contributed by atoms with Gasteiger partial charge in [-0.1, -0.05) is 61.7 Å². The number of benzene rings is 3. The van der Waals surface area contributed by atoms with E-state index in [0.29, 0.717) is 11.5 Å². The summed E-state index contributed by atoms with van der Waals surface area (Å²) in [5.41, 5.74) is 4.69. The number of carbonyl (C=O) groups excluding carboxylic acids is 2. The van der Waals surface area contributed by atoms with Gasteiger partial charge in [-0.25, -0.2) is 9.59 Å². The molecule has 1 aliphatic rings. The topological polar surface area (TPSA) is 71.1 Å². The molecule has 6 heteroatoms. The van der Waals surface area contributed by atoms with Crippen molar-refractivity contribution >= 4 is 11.9 Å². The van der Waals surface area contributed by atoms with Crippen molar-refractivity contribution in [1.29, 1.82) is 0 Å². The summed E-state index contributed by atoms with van der Waals surface area (Å²) in [6.45, 7) is 7.62. The quantitative estimate of drug-likeness (QED) is 0.195. The third-order valence-electron chi connectivity index (χ3n) is 6.47. The smallest absolute Gasteiger partial charge is 0.330 e. The molecular formula is C31H30O6. The Morgan fingerprint density at radius 1 is 0.703 bits per heavy atom. The third-order valence-corrected chi connectivity index (χ3v) is 6.47. The molecule has 3 aromatic rings. The van der Waals surface area contributed by atoms with E-state index in [1.54, 1.807) is 0 Å². The van der Waals surface area contributed by atoms with Gasteiger partial charge in [0.15, 0.2) is 0 Å². The first-order valence-corrected chi connectivity index (χ1v) is 12.2. The van der Waals surface area contributed by atoms with Crippen molar-refractivity contribution in [3.05, 3.63) is 120 Å². The van der Waals surface area contributed by atoms with Crippen LogP contribution in [0.1, 0.15) is 28.7 Å². The molecule has 0 atom stereocenters. The van der Waals surface area contributed by atoms with Gasteiger partial charge in [-0.2, -0.15) is 0 Å². The van der Waals surface area contributed by atoms with Crippen LogP contribution in [-0.4, -0.2) is 38.4 Å². The second-order valence-corrected chi connectivity index (χ2v) is 8.55. The van der Waals surface area contributed by atoms with E-state index in [0.717, 1.165) is 25.0 Å². The minimum atomic E-state index is -0.465. The summed E-state index contributed by atoms with van der Waals surface area (Å²) in [6, 6.07) is 24.8. The van der Waals surface area contributed by atoms with Crippen LogP contribution in [0.15, 0.2) is 98.1 Å². The van der Waals surface area contributed by atoms with Gasteiger partial charge in [0, 0.05) is 17.6 Å². The van der Waals surface area contributed by atoms with Crippen LogP contribution in [0.25, 0.3) is 0 Å². The molecule has 0 aliphatic heterocycles. The van der Waals surface area contributed by atoms with Gasteiger partial charge in [0.1, 0.15) is 37.9 Å². The zero-order valence-electron chi connectivity index (χ0n) is 20.7. The number of ether oxygens (including phenoxy) is 4. The van der Waals surface area contributed by atoms with Gasteiger partial charge in [-0.05, 0) is 59.4 Å². The summed E-state index contributed by atoms with van der Waals surface area (Å²) in [6.07, 6.45) is 4.19. The molecule has 3 aromatic carbocycles. The van der Waals surface area contributed by atoms with Crippen molar-refractivity contribution in [2.75, 3.05) is 26.4 Å². The van der Waals surface area contributed by atoms with E-state index in [9.17, 15) is 9.59 Å². The highest BCUT2D eigenvalue weighted by Gasteiger charge is 2.41. The second kappa shape index (κ2) is 12.1. The largest absolute Gasteiger partial charge is 0.490 e.